The Bertz CT molecular complexity index is 1210. The van der Waals surface area contributed by atoms with Crippen molar-refractivity contribution in [2.45, 2.75) is 27.7 Å². The number of nitrogens with zero attached hydrogens (tertiary/aromatic N) is 2. The highest BCUT2D eigenvalue weighted by Gasteiger charge is 2.31. The number of halogens is 4. The highest BCUT2D eigenvalue weighted by Crippen LogP contribution is 2.27. The SMILES string of the molecule is C=C(C)/C(C(=O)c1c(C)[nH]n(-c2c(F)c(F)c(C#N)c(F)c2F)c1=O)=C(C)\C=C/C. The maximum absolute atomic E-state index is 14.4. The first-order valence-electron chi connectivity index (χ1n) is 8.61. The van der Waals surface area contributed by atoms with E-state index >= 15 is 0 Å². The first-order valence-corrected chi connectivity index (χ1v) is 8.61. The molecule has 9 heteroatoms. The van der Waals surface area contributed by atoms with Gasteiger partial charge in [-0.05, 0) is 38.8 Å². The van der Waals surface area contributed by atoms with Crippen molar-refractivity contribution in [1.29, 1.82) is 5.26 Å². The number of nitriles is 1. The zero-order valence-electron chi connectivity index (χ0n) is 16.6. The number of allylic oxidation sites excluding steroid dienone is 5. The van der Waals surface area contributed by atoms with Crippen LogP contribution < -0.4 is 5.56 Å². The molecule has 156 valence electrons. The van der Waals surface area contributed by atoms with Gasteiger partial charge in [-0.3, -0.25) is 14.7 Å². The van der Waals surface area contributed by atoms with Gasteiger partial charge >= 0.3 is 0 Å². The van der Waals surface area contributed by atoms with Gasteiger partial charge < -0.3 is 0 Å². The maximum Gasteiger partial charge on any atom is 0.282 e. The Kier molecular flexibility index (Phi) is 6.31. The van der Waals surface area contributed by atoms with Crippen molar-refractivity contribution < 1.29 is 22.4 Å². The topological polar surface area (TPSA) is 78.7 Å². The molecule has 0 aliphatic carbocycles. The number of carbonyl (C=O) groups is 1. The van der Waals surface area contributed by atoms with Crippen LogP contribution in [0.4, 0.5) is 17.6 Å². The average Bonchev–Trinajstić information content (AvgIpc) is 2.95. The number of aromatic amines is 1. The molecule has 0 saturated heterocycles. The molecule has 2 rings (SSSR count). The summed E-state index contributed by atoms with van der Waals surface area (Å²) in [6.07, 6.45) is 3.29. The Labute approximate surface area is 169 Å². The minimum absolute atomic E-state index is 0.0824. The zero-order valence-corrected chi connectivity index (χ0v) is 16.6. The van der Waals surface area contributed by atoms with Crippen LogP contribution in [0.2, 0.25) is 0 Å². The fourth-order valence-corrected chi connectivity index (χ4v) is 3.05. The van der Waals surface area contributed by atoms with Crippen molar-refractivity contribution in [3.8, 4) is 11.8 Å². The summed E-state index contributed by atoms with van der Waals surface area (Å²) < 4.78 is 56.9. The number of aromatic nitrogens is 2. The molecule has 5 nitrogen and oxygen atoms in total. The van der Waals surface area contributed by atoms with Gasteiger partial charge in [-0.25, -0.2) is 22.2 Å². The molecule has 0 radical (unpaired) electrons. The van der Waals surface area contributed by atoms with Crippen molar-refractivity contribution in [2.24, 2.45) is 0 Å². The van der Waals surface area contributed by atoms with Gasteiger partial charge in [0.2, 0.25) is 5.78 Å². The Hall–Kier alpha value is -3.67. The Morgan fingerprint density at radius 2 is 1.67 bits per heavy atom. The lowest BCUT2D eigenvalue weighted by molar-refractivity contribution is 0.103. The second-order valence-corrected chi connectivity index (χ2v) is 6.51. The Morgan fingerprint density at radius 1 is 1.13 bits per heavy atom. The first kappa shape index (κ1) is 22.6. The van der Waals surface area contributed by atoms with Gasteiger partial charge in [0.1, 0.15) is 22.9 Å². The van der Waals surface area contributed by atoms with E-state index in [2.05, 4.69) is 11.7 Å². The molecule has 0 bridgehead atoms. The standard InChI is InChI=1S/C21H17F4N3O2/c1-6-7-10(4)13(9(2)3)20(29)14-11(5)27-28(21(14)30)19-17(24)15(22)12(8-26)16(23)18(19)25/h6-7,27H,2H2,1,3-5H3/b7-6-,13-10+. The van der Waals surface area contributed by atoms with E-state index in [-0.39, 0.29) is 15.9 Å². The zero-order chi connectivity index (χ0) is 22.9. The summed E-state index contributed by atoms with van der Waals surface area (Å²) in [6.45, 7) is 9.89. The van der Waals surface area contributed by atoms with E-state index < -0.39 is 51.4 Å². The summed E-state index contributed by atoms with van der Waals surface area (Å²) in [7, 11) is 0. The molecule has 0 unspecified atom stereocenters. The van der Waals surface area contributed by atoms with Crippen LogP contribution in [0.1, 0.15) is 42.4 Å². The second-order valence-electron chi connectivity index (χ2n) is 6.51. The number of carbonyl (C=O) groups excluding carboxylic acids is 1. The molecule has 1 aromatic heterocycles. The van der Waals surface area contributed by atoms with Crippen molar-refractivity contribution >= 4 is 5.78 Å². The van der Waals surface area contributed by atoms with Crippen molar-refractivity contribution in [2.75, 3.05) is 0 Å². The normalized spacial score (nSPS) is 12.1. The van der Waals surface area contributed by atoms with Crippen LogP contribution in [0.5, 0.6) is 0 Å². The maximum atomic E-state index is 14.4. The number of hydrogen-bond acceptors (Lipinski definition) is 3. The van der Waals surface area contributed by atoms with Gasteiger partial charge in [-0.15, -0.1) is 0 Å². The molecule has 1 aromatic carbocycles. The minimum Gasteiger partial charge on any atom is -0.294 e. The van der Waals surface area contributed by atoms with Gasteiger partial charge in [0, 0.05) is 11.3 Å². The third-order valence-electron chi connectivity index (χ3n) is 4.34. The van der Waals surface area contributed by atoms with Crippen LogP contribution in [0.3, 0.4) is 0 Å². The summed E-state index contributed by atoms with van der Waals surface area (Å²) in [6, 6.07) is 1.02. The van der Waals surface area contributed by atoms with Gasteiger partial charge in [0.15, 0.2) is 23.3 Å². The van der Waals surface area contributed by atoms with E-state index in [1.807, 2.05) is 0 Å². The molecule has 0 spiro atoms. The molecule has 1 heterocycles. The number of aryl methyl sites for hydroxylation is 1. The number of hydrogen-bond donors (Lipinski definition) is 1. The number of benzene rings is 1. The largest absolute Gasteiger partial charge is 0.294 e. The van der Waals surface area contributed by atoms with Crippen molar-refractivity contribution in [3.63, 3.8) is 0 Å². The summed E-state index contributed by atoms with van der Waals surface area (Å²) in [5.74, 6) is -8.58. The highest BCUT2D eigenvalue weighted by molar-refractivity contribution is 6.12. The molecule has 0 aliphatic rings. The van der Waals surface area contributed by atoms with Gasteiger partial charge in [0.05, 0.1) is 0 Å². The molecule has 1 N–H and O–H groups in total. The summed E-state index contributed by atoms with van der Waals surface area (Å²) in [5, 5.41) is 11.0. The fraction of sp³-hybridized carbons (Fsp3) is 0.190. The fourth-order valence-electron chi connectivity index (χ4n) is 3.05. The molecule has 0 atom stereocenters. The van der Waals surface area contributed by atoms with Crippen LogP contribution in [-0.2, 0) is 0 Å². The van der Waals surface area contributed by atoms with Gasteiger partial charge in [-0.1, -0.05) is 18.7 Å². The molecule has 0 saturated carbocycles. The number of rotatable bonds is 5. The highest BCUT2D eigenvalue weighted by atomic mass is 19.2. The smallest absolute Gasteiger partial charge is 0.282 e. The first-order chi connectivity index (χ1) is 14.0. The minimum atomic E-state index is -1.95. The summed E-state index contributed by atoms with van der Waals surface area (Å²) in [4.78, 5) is 25.8. The lowest BCUT2D eigenvalue weighted by atomic mass is 9.94. The Balaban J connectivity index is 2.85. The van der Waals surface area contributed by atoms with E-state index in [9.17, 15) is 27.2 Å². The Morgan fingerprint density at radius 3 is 2.10 bits per heavy atom. The van der Waals surface area contributed by atoms with Gasteiger partial charge in [-0.2, -0.15) is 5.26 Å². The third kappa shape index (κ3) is 3.52. The lowest BCUT2D eigenvalue weighted by Crippen LogP contribution is -2.24. The number of nitrogens with one attached hydrogen (secondary N) is 1. The molecule has 30 heavy (non-hydrogen) atoms. The van der Waals surface area contributed by atoms with Crippen molar-refractivity contribution in [1.82, 2.24) is 9.78 Å². The number of ketones is 1. The van der Waals surface area contributed by atoms with E-state index in [1.54, 1.807) is 32.9 Å². The third-order valence-corrected chi connectivity index (χ3v) is 4.34. The molecule has 0 fully saturated rings. The lowest BCUT2D eigenvalue weighted by Gasteiger charge is -2.09. The molecule has 0 aliphatic heterocycles. The molecule has 2 aromatic rings. The quantitative estimate of drug-likeness (QED) is 0.254. The summed E-state index contributed by atoms with van der Waals surface area (Å²) in [5.41, 5.74) is -3.69. The van der Waals surface area contributed by atoms with E-state index in [0.29, 0.717) is 11.1 Å². The van der Waals surface area contributed by atoms with Crippen LogP contribution in [0.15, 0.2) is 40.2 Å². The number of Topliss-reactive ketones (excluding diaryl/α,β-unsaturated/α-hetero) is 1. The van der Waals surface area contributed by atoms with Crippen molar-refractivity contribution in [3.05, 3.63) is 85.9 Å². The van der Waals surface area contributed by atoms with Crippen LogP contribution in [0.25, 0.3) is 5.69 Å². The van der Waals surface area contributed by atoms with Crippen LogP contribution in [-0.4, -0.2) is 15.6 Å². The monoisotopic (exact) mass is 419 g/mol. The van der Waals surface area contributed by atoms with Gasteiger partial charge in [0.25, 0.3) is 5.56 Å². The molecular formula is C21H17F4N3O2. The number of H-pyrrole nitrogens is 1. The predicted molar refractivity (Wildman–Crippen MR) is 102 cm³/mol. The molecule has 0 amide bonds. The molecular weight excluding hydrogens is 402 g/mol. The van der Waals surface area contributed by atoms with E-state index in [0.717, 1.165) is 6.07 Å². The van der Waals surface area contributed by atoms with E-state index in [1.165, 1.54) is 6.92 Å². The van der Waals surface area contributed by atoms with E-state index in [4.69, 9.17) is 5.26 Å². The predicted octanol–water partition coefficient (Wildman–Crippen LogP) is 4.55. The van der Waals surface area contributed by atoms with Crippen LogP contribution >= 0.6 is 0 Å². The van der Waals surface area contributed by atoms with Crippen LogP contribution in [0, 0.1) is 41.5 Å². The average molecular weight is 419 g/mol. The second kappa shape index (κ2) is 8.37. The summed E-state index contributed by atoms with van der Waals surface area (Å²) >= 11 is 0.